The van der Waals surface area contributed by atoms with Crippen LogP contribution in [0.5, 0.6) is 0 Å². The SMILES string of the molecule is C[C@@H](NS(=O)(=O)c1ccc(C(=O)NCC(F)F)cc1)c1ncc[nH]1. The van der Waals surface area contributed by atoms with Gasteiger partial charge in [-0.05, 0) is 31.2 Å². The van der Waals surface area contributed by atoms with Gasteiger partial charge >= 0.3 is 0 Å². The van der Waals surface area contributed by atoms with E-state index < -0.39 is 34.9 Å². The number of carbonyl (C=O) groups excluding carboxylic acids is 1. The van der Waals surface area contributed by atoms with Crippen molar-refractivity contribution >= 4 is 15.9 Å². The van der Waals surface area contributed by atoms with Gasteiger partial charge in [0.1, 0.15) is 5.82 Å². The van der Waals surface area contributed by atoms with Gasteiger partial charge in [0.15, 0.2) is 0 Å². The van der Waals surface area contributed by atoms with E-state index in [4.69, 9.17) is 0 Å². The molecule has 3 N–H and O–H groups in total. The first kappa shape index (κ1) is 18.0. The van der Waals surface area contributed by atoms with Crippen LogP contribution in [-0.4, -0.2) is 37.3 Å². The van der Waals surface area contributed by atoms with Crippen LogP contribution in [0, 0.1) is 0 Å². The Hall–Kier alpha value is -2.33. The first-order valence-electron chi connectivity index (χ1n) is 6.97. The van der Waals surface area contributed by atoms with Crippen LogP contribution in [0.15, 0.2) is 41.6 Å². The topological polar surface area (TPSA) is 104 Å². The van der Waals surface area contributed by atoms with Crippen molar-refractivity contribution in [2.75, 3.05) is 6.54 Å². The number of amides is 1. The van der Waals surface area contributed by atoms with Crippen molar-refractivity contribution in [3.05, 3.63) is 48.0 Å². The third-order valence-electron chi connectivity index (χ3n) is 3.11. The van der Waals surface area contributed by atoms with Crippen LogP contribution in [0.1, 0.15) is 29.1 Å². The third-order valence-corrected chi connectivity index (χ3v) is 4.66. The summed E-state index contributed by atoms with van der Waals surface area (Å²) in [6.07, 6.45) is 0.431. The van der Waals surface area contributed by atoms with Crippen LogP contribution in [0.3, 0.4) is 0 Å². The predicted octanol–water partition coefficient (Wildman–Crippen LogP) is 1.44. The molecular formula is C14H16F2N4O3S. The van der Waals surface area contributed by atoms with Gasteiger partial charge in [-0.25, -0.2) is 26.9 Å². The first-order chi connectivity index (χ1) is 11.3. The van der Waals surface area contributed by atoms with Crippen molar-refractivity contribution < 1.29 is 22.0 Å². The maximum atomic E-state index is 12.3. The normalized spacial score (nSPS) is 13.0. The van der Waals surface area contributed by atoms with Crippen LogP contribution in [0.4, 0.5) is 8.78 Å². The molecule has 7 nitrogen and oxygen atoms in total. The second kappa shape index (κ2) is 7.49. The lowest BCUT2D eigenvalue weighted by atomic mass is 10.2. The number of hydrogen-bond donors (Lipinski definition) is 3. The highest BCUT2D eigenvalue weighted by Crippen LogP contribution is 2.15. The zero-order valence-electron chi connectivity index (χ0n) is 12.7. The number of imidazole rings is 1. The Morgan fingerprint density at radius 1 is 1.29 bits per heavy atom. The van der Waals surface area contributed by atoms with E-state index in [-0.39, 0.29) is 10.5 Å². The zero-order valence-corrected chi connectivity index (χ0v) is 13.5. The van der Waals surface area contributed by atoms with Gasteiger partial charge in [0.05, 0.1) is 17.5 Å². The van der Waals surface area contributed by atoms with Gasteiger partial charge in [0, 0.05) is 18.0 Å². The molecule has 0 aliphatic heterocycles. The molecule has 24 heavy (non-hydrogen) atoms. The minimum absolute atomic E-state index is 0.0497. The molecule has 2 aromatic rings. The number of carbonyl (C=O) groups is 1. The molecule has 10 heteroatoms. The van der Waals surface area contributed by atoms with Gasteiger partial charge < -0.3 is 10.3 Å². The van der Waals surface area contributed by atoms with Crippen molar-refractivity contribution in [3.63, 3.8) is 0 Å². The molecular weight excluding hydrogens is 342 g/mol. The largest absolute Gasteiger partial charge is 0.347 e. The molecule has 1 aromatic heterocycles. The lowest BCUT2D eigenvalue weighted by Crippen LogP contribution is -2.29. The first-order valence-corrected chi connectivity index (χ1v) is 8.46. The maximum absolute atomic E-state index is 12.3. The Morgan fingerprint density at radius 2 is 1.96 bits per heavy atom. The van der Waals surface area contributed by atoms with Gasteiger partial charge in [-0.1, -0.05) is 0 Å². The van der Waals surface area contributed by atoms with Crippen molar-refractivity contribution in [1.29, 1.82) is 0 Å². The van der Waals surface area contributed by atoms with E-state index in [1.54, 1.807) is 13.1 Å². The lowest BCUT2D eigenvalue weighted by molar-refractivity contribution is 0.0891. The minimum atomic E-state index is -3.82. The van der Waals surface area contributed by atoms with E-state index in [2.05, 4.69) is 14.7 Å². The molecule has 1 heterocycles. The molecule has 1 amide bonds. The molecule has 0 saturated carbocycles. The highest BCUT2D eigenvalue weighted by molar-refractivity contribution is 7.89. The zero-order chi connectivity index (χ0) is 17.7. The fraction of sp³-hybridized carbons (Fsp3) is 0.286. The van der Waals surface area contributed by atoms with Crippen LogP contribution in [0.2, 0.25) is 0 Å². The van der Waals surface area contributed by atoms with E-state index in [0.717, 1.165) is 0 Å². The molecule has 0 unspecified atom stereocenters. The summed E-state index contributed by atoms with van der Waals surface area (Å²) in [4.78, 5) is 18.3. The van der Waals surface area contributed by atoms with Crippen molar-refractivity contribution in [2.45, 2.75) is 24.3 Å². The summed E-state index contributed by atoms with van der Waals surface area (Å²) in [5, 5.41) is 2.04. The van der Waals surface area contributed by atoms with Gasteiger partial charge in [-0.3, -0.25) is 4.79 Å². The lowest BCUT2D eigenvalue weighted by Gasteiger charge is -2.12. The van der Waals surface area contributed by atoms with Crippen LogP contribution >= 0.6 is 0 Å². The molecule has 2 rings (SSSR count). The Kier molecular flexibility index (Phi) is 5.62. The molecule has 0 aliphatic carbocycles. The van der Waals surface area contributed by atoms with E-state index in [0.29, 0.717) is 5.82 Å². The number of rotatable bonds is 7. The van der Waals surface area contributed by atoms with E-state index in [9.17, 15) is 22.0 Å². The molecule has 0 spiro atoms. The molecule has 0 bridgehead atoms. The number of aromatic nitrogens is 2. The Balaban J connectivity index is 2.07. The Labute approximate surface area is 137 Å². The summed E-state index contributed by atoms with van der Waals surface area (Å²) >= 11 is 0. The highest BCUT2D eigenvalue weighted by atomic mass is 32.2. The molecule has 1 aromatic carbocycles. The smallest absolute Gasteiger partial charge is 0.255 e. The number of halogens is 2. The number of hydrogen-bond acceptors (Lipinski definition) is 4. The van der Waals surface area contributed by atoms with E-state index in [1.807, 2.05) is 5.32 Å². The number of benzene rings is 1. The highest BCUT2D eigenvalue weighted by Gasteiger charge is 2.20. The van der Waals surface area contributed by atoms with E-state index >= 15 is 0 Å². The van der Waals surface area contributed by atoms with Crippen LogP contribution < -0.4 is 10.0 Å². The Morgan fingerprint density at radius 3 is 2.50 bits per heavy atom. The second-order valence-electron chi connectivity index (χ2n) is 4.94. The van der Waals surface area contributed by atoms with Crippen LogP contribution in [0.25, 0.3) is 0 Å². The van der Waals surface area contributed by atoms with Crippen LogP contribution in [-0.2, 0) is 10.0 Å². The molecule has 0 aliphatic rings. The molecule has 0 saturated heterocycles. The summed E-state index contributed by atoms with van der Waals surface area (Å²) in [7, 11) is -3.82. The molecule has 130 valence electrons. The molecule has 0 fully saturated rings. The van der Waals surface area contributed by atoms with Gasteiger partial charge in [-0.15, -0.1) is 0 Å². The number of nitrogens with zero attached hydrogens (tertiary/aromatic N) is 1. The van der Waals surface area contributed by atoms with Crippen molar-refractivity contribution in [1.82, 2.24) is 20.0 Å². The third kappa shape index (κ3) is 4.59. The van der Waals surface area contributed by atoms with Gasteiger partial charge in [0.25, 0.3) is 12.3 Å². The predicted molar refractivity (Wildman–Crippen MR) is 82.1 cm³/mol. The summed E-state index contributed by atoms with van der Waals surface area (Å²) < 4.78 is 51.1. The maximum Gasteiger partial charge on any atom is 0.255 e. The Bertz CT molecular complexity index is 777. The fourth-order valence-corrected chi connectivity index (χ4v) is 3.14. The summed E-state index contributed by atoms with van der Waals surface area (Å²) in [5.74, 6) is -0.238. The number of H-pyrrole nitrogens is 1. The number of aromatic amines is 1. The fourth-order valence-electron chi connectivity index (χ4n) is 1.93. The average molecular weight is 358 g/mol. The van der Waals surface area contributed by atoms with Crippen molar-refractivity contribution in [2.24, 2.45) is 0 Å². The number of sulfonamides is 1. The molecule has 1 atom stereocenters. The van der Waals surface area contributed by atoms with Crippen molar-refractivity contribution in [3.8, 4) is 0 Å². The minimum Gasteiger partial charge on any atom is -0.347 e. The number of alkyl halides is 2. The standard InChI is InChI=1S/C14H16F2N4O3S/c1-9(13-17-6-7-18-13)20-24(22,23)11-4-2-10(3-5-11)14(21)19-8-12(15)16/h2-7,9,12,20H,8H2,1H3,(H,17,18)(H,19,21)/t9-/m1/s1. The molecule has 0 radical (unpaired) electrons. The number of nitrogens with one attached hydrogen (secondary N) is 3. The second-order valence-corrected chi connectivity index (χ2v) is 6.66. The van der Waals surface area contributed by atoms with Gasteiger partial charge in [0.2, 0.25) is 10.0 Å². The summed E-state index contributed by atoms with van der Waals surface area (Å²) in [6, 6.07) is 4.40. The average Bonchev–Trinajstić information content (AvgIpc) is 3.07. The summed E-state index contributed by atoms with van der Waals surface area (Å²) in [5.41, 5.74) is 0.0914. The van der Waals surface area contributed by atoms with Gasteiger partial charge in [-0.2, -0.15) is 0 Å². The summed E-state index contributed by atoms with van der Waals surface area (Å²) in [6.45, 7) is 0.865. The van der Waals surface area contributed by atoms with E-state index in [1.165, 1.54) is 30.5 Å². The quantitative estimate of drug-likeness (QED) is 0.697. The monoisotopic (exact) mass is 358 g/mol.